The molecule has 0 unspecified atom stereocenters. The number of morpholine rings is 1. The summed E-state index contributed by atoms with van der Waals surface area (Å²) in [5.41, 5.74) is 1.73. The number of benzene rings is 2. The van der Waals surface area contributed by atoms with Gasteiger partial charge in [0.05, 0.1) is 47.1 Å². The normalized spacial score (nSPS) is 17.1. The van der Waals surface area contributed by atoms with Crippen molar-refractivity contribution in [2.45, 2.75) is 44.4 Å². The first-order valence-corrected chi connectivity index (χ1v) is 12.1. The summed E-state index contributed by atoms with van der Waals surface area (Å²) in [6.45, 7) is 4.78. The Kier molecular flexibility index (Phi) is 7.65. The number of nitrogens with zero attached hydrogens (tertiary/aromatic N) is 2. The third-order valence-electron chi connectivity index (χ3n) is 6.79. The number of anilines is 2. The van der Waals surface area contributed by atoms with Crippen LogP contribution in [0.3, 0.4) is 0 Å². The van der Waals surface area contributed by atoms with Crippen LogP contribution in [0.5, 0.6) is 0 Å². The third-order valence-corrected chi connectivity index (χ3v) is 6.79. The zero-order chi connectivity index (χ0) is 24.8. The molecule has 1 heterocycles. The van der Waals surface area contributed by atoms with Gasteiger partial charge in [-0.2, -0.15) is 0 Å². The van der Waals surface area contributed by atoms with Gasteiger partial charge in [-0.1, -0.05) is 31.9 Å². The van der Waals surface area contributed by atoms with E-state index in [4.69, 9.17) is 9.47 Å². The topological polar surface area (TPSA) is 111 Å². The van der Waals surface area contributed by atoms with E-state index in [9.17, 15) is 19.7 Å². The number of carbonyl (C=O) groups excluding carboxylic acids is 2. The molecule has 0 radical (unpaired) electrons. The van der Waals surface area contributed by atoms with Crippen LogP contribution in [0.1, 0.15) is 54.9 Å². The molecule has 4 rings (SSSR count). The van der Waals surface area contributed by atoms with E-state index in [1.165, 1.54) is 12.1 Å². The predicted octanol–water partition coefficient (Wildman–Crippen LogP) is 4.45. The maximum absolute atomic E-state index is 13.8. The Hall–Kier alpha value is -3.46. The van der Waals surface area contributed by atoms with Gasteiger partial charge in [-0.15, -0.1) is 0 Å². The van der Waals surface area contributed by atoms with Crippen molar-refractivity contribution in [3.05, 3.63) is 63.7 Å². The van der Waals surface area contributed by atoms with Crippen molar-refractivity contribution in [3.63, 3.8) is 0 Å². The molecule has 9 nitrogen and oxygen atoms in total. The number of nitro groups is 1. The Morgan fingerprint density at radius 1 is 1.11 bits per heavy atom. The van der Waals surface area contributed by atoms with E-state index in [-0.39, 0.29) is 11.6 Å². The molecule has 186 valence electrons. The number of rotatable bonds is 8. The highest BCUT2D eigenvalue weighted by molar-refractivity contribution is 6.03. The molecule has 0 aromatic heterocycles. The molecule has 1 aliphatic heterocycles. The lowest BCUT2D eigenvalue weighted by Crippen LogP contribution is -2.40. The molecule has 35 heavy (non-hydrogen) atoms. The van der Waals surface area contributed by atoms with Gasteiger partial charge in [-0.25, -0.2) is 4.79 Å². The first-order chi connectivity index (χ1) is 16.9. The first kappa shape index (κ1) is 24.7. The van der Waals surface area contributed by atoms with Crippen LogP contribution in [0.4, 0.5) is 17.1 Å². The standard InChI is InChI=1S/C26H31N3O6/c1-2-15-35-24(30)19-5-10-23(28-13-16-34-17-14-28)22(18-19)27-25(31)26(11-3-4-12-26)20-6-8-21(9-7-20)29(32)33/h5-10,18H,2-4,11-17H2,1H3,(H,27,31). The molecule has 2 aliphatic rings. The van der Waals surface area contributed by atoms with Gasteiger partial charge in [0, 0.05) is 25.2 Å². The summed E-state index contributed by atoms with van der Waals surface area (Å²) in [7, 11) is 0. The molecule has 0 atom stereocenters. The van der Waals surface area contributed by atoms with Gasteiger partial charge in [0.2, 0.25) is 5.91 Å². The maximum atomic E-state index is 13.8. The Bertz CT molecular complexity index is 1070. The summed E-state index contributed by atoms with van der Waals surface area (Å²) < 4.78 is 10.8. The second-order valence-electron chi connectivity index (χ2n) is 9.01. The fourth-order valence-electron chi connectivity index (χ4n) is 4.89. The SMILES string of the molecule is CCCOC(=O)c1ccc(N2CCOCC2)c(NC(=O)C2(c3ccc([N+](=O)[O-])cc3)CCCC2)c1. The second kappa shape index (κ2) is 10.9. The van der Waals surface area contributed by atoms with E-state index in [0.29, 0.717) is 57.0 Å². The third kappa shape index (κ3) is 5.30. The Morgan fingerprint density at radius 3 is 2.43 bits per heavy atom. The van der Waals surface area contributed by atoms with Crippen molar-refractivity contribution in [2.75, 3.05) is 43.1 Å². The molecule has 0 spiro atoms. The van der Waals surface area contributed by atoms with Crippen LogP contribution in [-0.2, 0) is 19.7 Å². The Balaban J connectivity index is 1.66. The summed E-state index contributed by atoms with van der Waals surface area (Å²) in [6.07, 6.45) is 3.82. The monoisotopic (exact) mass is 481 g/mol. The van der Waals surface area contributed by atoms with Gasteiger partial charge in [0.15, 0.2) is 0 Å². The van der Waals surface area contributed by atoms with Crippen molar-refractivity contribution >= 4 is 28.9 Å². The van der Waals surface area contributed by atoms with Crippen molar-refractivity contribution in [1.29, 1.82) is 0 Å². The maximum Gasteiger partial charge on any atom is 0.338 e. The van der Waals surface area contributed by atoms with Gasteiger partial charge >= 0.3 is 5.97 Å². The lowest BCUT2D eigenvalue weighted by molar-refractivity contribution is -0.384. The summed E-state index contributed by atoms with van der Waals surface area (Å²) in [4.78, 5) is 39.2. The molecule has 1 saturated heterocycles. The van der Waals surface area contributed by atoms with Crippen molar-refractivity contribution in [3.8, 4) is 0 Å². The van der Waals surface area contributed by atoms with Crippen LogP contribution in [0, 0.1) is 10.1 Å². The van der Waals surface area contributed by atoms with Crippen LogP contribution in [0.15, 0.2) is 42.5 Å². The number of nitro benzene ring substituents is 1. The number of nitrogens with one attached hydrogen (secondary N) is 1. The first-order valence-electron chi connectivity index (χ1n) is 12.1. The van der Waals surface area contributed by atoms with E-state index in [2.05, 4.69) is 10.2 Å². The minimum Gasteiger partial charge on any atom is -0.462 e. The van der Waals surface area contributed by atoms with Crippen molar-refractivity contribution < 1.29 is 24.0 Å². The van der Waals surface area contributed by atoms with Crippen LogP contribution in [0.2, 0.25) is 0 Å². The second-order valence-corrected chi connectivity index (χ2v) is 9.01. The van der Waals surface area contributed by atoms with E-state index in [1.54, 1.807) is 24.3 Å². The predicted molar refractivity (Wildman–Crippen MR) is 132 cm³/mol. The van der Waals surface area contributed by atoms with Crippen LogP contribution in [0.25, 0.3) is 0 Å². The van der Waals surface area contributed by atoms with Crippen molar-refractivity contribution in [1.82, 2.24) is 0 Å². The fourth-order valence-corrected chi connectivity index (χ4v) is 4.89. The van der Waals surface area contributed by atoms with Crippen LogP contribution < -0.4 is 10.2 Å². The lowest BCUT2D eigenvalue weighted by Gasteiger charge is -2.33. The minimum atomic E-state index is -0.782. The van der Waals surface area contributed by atoms with Gasteiger partial charge in [0.25, 0.3) is 5.69 Å². The van der Waals surface area contributed by atoms with Gasteiger partial charge in [-0.05, 0) is 43.0 Å². The molecular weight excluding hydrogens is 450 g/mol. The molecule has 1 aliphatic carbocycles. The Morgan fingerprint density at radius 2 is 1.80 bits per heavy atom. The number of hydrogen-bond donors (Lipinski definition) is 1. The highest BCUT2D eigenvalue weighted by atomic mass is 16.6. The van der Waals surface area contributed by atoms with Gasteiger partial charge in [0.1, 0.15) is 0 Å². The van der Waals surface area contributed by atoms with Gasteiger partial charge < -0.3 is 19.7 Å². The average Bonchev–Trinajstić information content (AvgIpc) is 3.39. The zero-order valence-corrected chi connectivity index (χ0v) is 20.0. The van der Waals surface area contributed by atoms with Crippen LogP contribution >= 0.6 is 0 Å². The van der Waals surface area contributed by atoms with E-state index in [0.717, 1.165) is 30.5 Å². The summed E-state index contributed by atoms with van der Waals surface area (Å²) in [6, 6.07) is 11.5. The summed E-state index contributed by atoms with van der Waals surface area (Å²) >= 11 is 0. The highest BCUT2D eigenvalue weighted by Gasteiger charge is 2.43. The molecule has 0 bridgehead atoms. The number of ether oxygens (including phenoxy) is 2. The van der Waals surface area contributed by atoms with E-state index in [1.807, 2.05) is 13.0 Å². The summed E-state index contributed by atoms with van der Waals surface area (Å²) in [5.74, 6) is -0.598. The molecular formula is C26H31N3O6. The minimum absolute atomic E-state index is 0.00444. The van der Waals surface area contributed by atoms with Gasteiger partial charge in [-0.3, -0.25) is 14.9 Å². The number of amides is 1. The van der Waals surface area contributed by atoms with Crippen LogP contribution in [-0.4, -0.2) is 49.7 Å². The lowest BCUT2D eigenvalue weighted by atomic mass is 9.78. The molecule has 1 amide bonds. The van der Waals surface area contributed by atoms with E-state index >= 15 is 0 Å². The largest absolute Gasteiger partial charge is 0.462 e. The number of carbonyl (C=O) groups is 2. The number of esters is 1. The highest BCUT2D eigenvalue weighted by Crippen LogP contribution is 2.43. The molecule has 9 heteroatoms. The molecule has 2 aromatic rings. The molecule has 1 saturated carbocycles. The average molecular weight is 482 g/mol. The van der Waals surface area contributed by atoms with E-state index < -0.39 is 16.3 Å². The van der Waals surface area contributed by atoms with Crippen molar-refractivity contribution in [2.24, 2.45) is 0 Å². The molecule has 2 fully saturated rings. The smallest absolute Gasteiger partial charge is 0.338 e. The zero-order valence-electron chi connectivity index (χ0n) is 20.0. The Labute approximate surface area is 204 Å². The number of hydrogen-bond acceptors (Lipinski definition) is 7. The summed E-state index contributed by atoms with van der Waals surface area (Å²) in [5, 5.41) is 14.2. The fraction of sp³-hybridized carbons (Fsp3) is 0.462. The molecule has 2 aromatic carbocycles. The quantitative estimate of drug-likeness (QED) is 0.337. The number of non-ortho nitro benzene ring substituents is 1. The molecule has 1 N–H and O–H groups in total.